The molecule has 4 heteroatoms. The van der Waals surface area contributed by atoms with Crippen molar-refractivity contribution in [1.82, 2.24) is 4.98 Å². The first-order chi connectivity index (χ1) is 8.64. The number of hydrogen-bond acceptors (Lipinski definition) is 4. The number of nitrogens with zero attached hydrogens (tertiary/aromatic N) is 1. The summed E-state index contributed by atoms with van der Waals surface area (Å²) in [6.07, 6.45) is 4.44. The van der Waals surface area contributed by atoms with E-state index in [1.54, 1.807) is 6.20 Å². The van der Waals surface area contributed by atoms with Crippen molar-refractivity contribution in [3.8, 4) is 0 Å². The number of aromatic nitrogens is 1. The Hall–Kier alpha value is -1.42. The van der Waals surface area contributed by atoms with Crippen LogP contribution >= 0.6 is 0 Å². The van der Waals surface area contributed by atoms with Crippen molar-refractivity contribution in [3.05, 3.63) is 29.6 Å². The number of rotatable bonds is 5. The fourth-order valence-electron chi connectivity index (χ4n) is 2.55. The van der Waals surface area contributed by atoms with Gasteiger partial charge in [-0.3, -0.25) is 9.78 Å². The minimum absolute atomic E-state index is 0.197. The number of aryl methyl sites for hydroxylation is 1. The summed E-state index contributed by atoms with van der Waals surface area (Å²) in [5.74, 6) is 0.147. The summed E-state index contributed by atoms with van der Waals surface area (Å²) in [5, 5.41) is 0. The lowest BCUT2D eigenvalue weighted by Gasteiger charge is -2.29. The molecule has 1 aromatic rings. The van der Waals surface area contributed by atoms with Gasteiger partial charge in [-0.2, -0.15) is 0 Å². The van der Waals surface area contributed by atoms with Crippen molar-refractivity contribution in [3.63, 3.8) is 0 Å². The van der Waals surface area contributed by atoms with Crippen LogP contribution in [0.1, 0.15) is 24.1 Å². The van der Waals surface area contributed by atoms with Crippen LogP contribution in [0.2, 0.25) is 0 Å². The van der Waals surface area contributed by atoms with Gasteiger partial charge in [0.1, 0.15) is 0 Å². The Morgan fingerprint density at radius 2 is 2.33 bits per heavy atom. The smallest absolute Gasteiger partial charge is 0.313 e. The van der Waals surface area contributed by atoms with Crippen molar-refractivity contribution < 1.29 is 9.53 Å². The summed E-state index contributed by atoms with van der Waals surface area (Å²) in [5.41, 5.74) is 7.35. The highest BCUT2D eigenvalue weighted by atomic mass is 16.5. The maximum Gasteiger partial charge on any atom is 0.313 e. The highest BCUT2D eigenvalue weighted by Gasteiger charge is 2.51. The fourth-order valence-corrected chi connectivity index (χ4v) is 2.55. The van der Waals surface area contributed by atoms with E-state index in [2.05, 4.69) is 4.98 Å². The number of carbonyl (C=O) groups is 1. The monoisotopic (exact) mass is 248 g/mol. The molecule has 0 aliphatic heterocycles. The van der Waals surface area contributed by atoms with E-state index in [9.17, 15) is 4.79 Å². The van der Waals surface area contributed by atoms with Gasteiger partial charge < -0.3 is 10.5 Å². The van der Waals surface area contributed by atoms with Crippen LogP contribution in [-0.4, -0.2) is 24.6 Å². The van der Waals surface area contributed by atoms with E-state index >= 15 is 0 Å². The molecule has 1 aromatic heterocycles. The quantitative estimate of drug-likeness (QED) is 0.801. The Morgan fingerprint density at radius 3 is 2.83 bits per heavy atom. The lowest BCUT2D eigenvalue weighted by molar-refractivity contribution is -0.153. The number of pyridine rings is 1. The molecule has 1 heterocycles. The standard InChI is InChI=1S/C14H20N2O2/c1-10-4-3-7-16-12(10)8-14(9-15,11-5-6-11)13(17)18-2/h3-4,7,11H,5-6,8-9,15H2,1-2H3. The van der Waals surface area contributed by atoms with E-state index in [-0.39, 0.29) is 5.97 Å². The summed E-state index contributed by atoms with van der Waals surface area (Å²) in [6, 6.07) is 3.91. The Bertz CT molecular complexity index is 443. The molecule has 0 aromatic carbocycles. The third-order valence-corrected chi connectivity index (χ3v) is 3.92. The predicted molar refractivity (Wildman–Crippen MR) is 68.9 cm³/mol. The highest BCUT2D eigenvalue weighted by Crippen LogP contribution is 2.47. The Kier molecular flexibility index (Phi) is 3.66. The molecule has 1 fully saturated rings. The zero-order chi connectivity index (χ0) is 13.2. The van der Waals surface area contributed by atoms with Crippen LogP contribution in [0.25, 0.3) is 0 Å². The topological polar surface area (TPSA) is 65.2 Å². The SMILES string of the molecule is COC(=O)C(CN)(Cc1ncccc1C)C1CC1. The Morgan fingerprint density at radius 1 is 1.61 bits per heavy atom. The highest BCUT2D eigenvalue weighted by molar-refractivity contribution is 5.78. The van der Waals surface area contributed by atoms with E-state index < -0.39 is 5.41 Å². The van der Waals surface area contributed by atoms with E-state index in [0.717, 1.165) is 24.1 Å². The summed E-state index contributed by atoms with van der Waals surface area (Å²) >= 11 is 0. The normalized spacial score (nSPS) is 18.2. The first kappa shape index (κ1) is 13.0. The van der Waals surface area contributed by atoms with Gasteiger partial charge in [-0.25, -0.2) is 0 Å². The minimum atomic E-state index is -0.589. The molecule has 1 aliphatic rings. The Labute approximate surface area is 108 Å². The first-order valence-electron chi connectivity index (χ1n) is 6.33. The number of hydrogen-bond donors (Lipinski definition) is 1. The van der Waals surface area contributed by atoms with Gasteiger partial charge in [0.15, 0.2) is 0 Å². The molecule has 18 heavy (non-hydrogen) atoms. The van der Waals surface area contributed by atoms with Crippen LogP contribution in [0.15, 0.2) is 18.3 Å². The molecule has 1 aliphatic carbocycles. The zero-order valence-corrected chi connectivity index (χ0v) is 11.0. The maximum atomic E-state index is 12.1. The molecule has 1 atom stereocenters. The van der Waals surface area contributed by atoms with Gasteiger partial charge in [-0.1, -0.05) is 6.07 Å². The van der Waals surface area contributed by atoms with Crippen LogP contribution in [0.3, 0.4) is 0 Å². The number of nitrogens with two attached hydrogens (primary N) is 1. The van der Waals surface area contributed by atoms with Crippen molar-refractivity contribution >= 4 is 5.97 Å². The lowest BCUT2D eigenvalue weighted by Crippen LogP contribution is -2.43. The largest absolute Gasteiger partial charge is 0.469 e. The molecule has 2 rings (SSSR count). The third-order valence-electron chi connectivity index (χ3n) is 3.92. The van der Waals surface area contributed by atoms with Crippen LogP contribution < -0.4 is 5.73 Å². The number of carbonyl (C=O) groups excluding carboxylic acids is 1. The third kappa shape index (κ3) is 2.25. The second kappa shape index (κ2) is 5.06. The van der Waals surface area contributed by atoms with Crippen LogP contribution in [0, 0.1) is 18.3 Å². The van der Waals surface area contributed by atoms with Gasteiger partial charge in [-0.15, -0.1) is 0 Å². The maximum absolute atomic E-state index is 12.1. The molecule has 1 saturated carbocycles. The number of esters is 1. The molecule has 2 N–H and O–H groups in total. The first-order valence-corrected chi connectivity index (χ1v) is 6.33. The summed E-state index contributed by atoms with van der Waals surface area (Å²) in [7, 11) is 1.43. The fraction of sp³-hybridized carbons (Fsp3) is 0.571. The van der Waals surface area contributed by atoms with Crippen LogP contribution in [0.4, 0.5) is 0 Å². The van der Waals surface area contributed by atoms with Gasteiger partial charge in [0.2, 0.25) is 0 Å². The molecule has 0 bridgehead atoms. The molecular weight excluding hydrogens is 228 g/mol. The van der Waals surface area contributed by atoms with Crippen LogP contribution in [0.5, 0.6) is 0 Å². The van der Waals surface area contributed by atoms with Crippen LogP contribution in [-0.2, 0) is 16.0 Å². The zero-order valence-electron chi connectivity index (χ0n) is 11.0. The van der Waals surface area contributed by atoms with E-state index in [1.165, 1.54) is 7.11 Å². The predicted octanol–water partition coefficient (Wildman–Crippen LogP) is 1.46. The summed E-state index contributed by atoms with van der Waals surface area (Å²) < 4.78 is 4.97. The molecule has 0 radical (unpaired) electrons. The average molecular weight is 248 g/mol. The van der Waals surface area contributed by atoms with E-state index in [4.69, 9.17) is 10.5 Å². The average Bonchev–Trinajstić information content (AvgIpc) is 3.22. The molecule has 1 unspecified atom stereocenters. The number of methoxy groups -OCH3 is 1. The molecule has 4 nitrogen and oxygen atoms in total. The van der Waals surface area contributed by atoms with Gasteiger partial charge in [0.05, 0.1) is 12.5 Å². The molecule has 0 saturated heterocycles. The van der Waals surface area contributed by atoms with E-state index in [0.29, 0.717) is 18.9 Å². The lowest BCUT2D eigenvalue weighted by atomic mass is 9.77. The van der Waals surface area contributed by atoms with Gasteiger partial charge in [0.25, 0.3) is 0 Å². The summed E-state index contributed by atoms with van der Waals surface area (Å²) in [6.45, 7) is 2.33. The molecule has 98 valence electrons. The molecule has 0 spiro atoms. The van der Waals surface area contributed by atoms with Crippen molar-refractivity contribution in [1.29, 1.82) is 0 Å². The second-order valence-corrected chi connectivity index (χ2v) is 5.07. The van der Waals surface area contributed by atoms with Crippen molar-refractivity contribution in [2.24, 2.45) is 17.1 Å². The molecule has 0 amide bonds. The summed E-state index contributed by atoms with van der Waals surface area (Å²) in [4.78, 5) is 16.5. The second-order valence-electron chi connectivity index (χ2n) is 5.07. The number of ether oxygens (including phenoxy) is 1. The minimum Gasteiger partial charge on any atom is -0.469 e. The Balaban J connectivity index is 2.30. The van der Waals surface area contributed by atoms with Gasteiger partial charge in [0, 0.05) is 24.9 Å². The van der Waals surface area contributed by atoms with Gasteiger partial charge >= 0.3 is 5.97 Å². The van der Waals surface area contributed by atoms with Crippen molar-refractivity contribution in [2.45, 2.75) is 26.2 Å². The van der Waals surface area contributed by atoms with Crippen molar-refractivity contribution in [2.75, 3.05) is 13.7 Å². The van der Waals surface area contributed by atoms with Gasteiger partial charge in [-0.05, 0) is 37.3 Å². The molecular formula is C14H20N2O2. The van der Waals surface area contributed by atoms with E-state index in [1.807, 2.05) is 19.1 Å².